The summed E-state index contributed by atoms with van der Waals surface area (Å²) < 4.78 is 0. The van der Waals surface area contributed by atoms with Crippen LogP contribution in [0.1, 0.15) is 17.0 Å². The first-order valence-electron chi connectivity index (χ1n) is 6.57. The molecule has 0 saturated heterocycles. The molecule has 5 heteroatoms. The van der Waals surface area contributed by atoms with Crippen molar-refractivity contribution >= 4 is 16.9 Å². The van der Waals surface area contributed by atoms with Crippen molar-refractivity contribution in [3.63, 3.8) is 0 Å². The largest absolute Gasteiger partial charge is 0.353 e. The molecule has 3 rings (SSSR count). The number of rotatable bonds is 3. The van der Waals surface area contributed by atoms with Crippen molar-refractivity contribution in [2.75, 3.05) is 11.9 Å². The number of nitrogens with zero attached hydrogens (tertiary/aromatic N) is 4. The Bertz CT molecular complexity index is 727. The molecule has 0 amide bonds. The maximum atomic E-state index is 4.57. The zero-order valence-corrected chi connectivity index (χ0v) is 11.9. The minimum Gasteiger partial charge on any atom is -0.353 e. The molecule has 5 nitrogen and oxygen atoms in total. The number of hydrogen-bond acceptors (Lipinski definition) is 4. The summed E-state index contributed by atoms with van der Waals surface area (Å²) in [5.74, 6) is 0.914. The Hall–Kier alpha value is -2.43. The number of aromatic amines is 1. The van der Waals surface area contributed by atoms with Crippen molar-refractivity contribution < 1.29 is 0 Å². The maximum absolute atomic E-state index is 4.57. The van der Waals surface area contributed by atoms with E-state index >= 15 is 0 Å². The third-order valence-electron chi connectivity index (χ3n) is 3.24. The van der Waals surface area contributed by atoms with E-state index in [1.165, 1.54) is 5.56 Å². The minimum atomic E-state index is 0.722. The number of anilines is 1. The number of hydrogen-bond donors (Lipinski definition) is 1. The molecule has 0 unspecified atom stereocenters. The van der Waals surface area contributed by atoms with Gasteiger partial charge in [-0.3, -0.25) is 4.98 Å². The number of aryl methyl sites for hydroxylation is 2. The van der Waals surface area contributed by atoms with Crippen molar-refractivity contribution in [1.82, 2.24) is 19.9 Å². The first-order valence-corrected chi connectivity index (χ1v) is 6.57. The van der Waals surface area contributed by atoms with Gasteiger partial charge in [0.1, 0.15) is 17.8 Å². The summed E-state index contributed by atoms with van der Waals surface area (Å²) in [5, 5.41) is 1.03. The van der Waals surface area contributed by atoms with E-state index in [9.17, 15) is 0 Å². The Balaban J connectivity index is 1.92. The molecule has 0 atom stereocenters. The van der Waals surface area contributed by atoms with Gasteiger partial charge in [-0.1, -0.05) is 0 Å². The number of H-pyrrole nitrogens is 1. The Labute approximate surface area is 117 Å². The fourth-order valence-electron chi connectivity index (χ4n) is 2.49. The van der Waals surface area contributed by atoms with Crippen molar-refractivity contribution in [3.05, 3.63) is 47.7 Å². The molecule has 3 heterocycles. The quantitative estimate of drug-likeness (QED) is 0.792. The average Bonchev–Trinajstić information content (AvgIpc) is 2.85. The van der Waals surface area contributed by atoms with Crippen LogP contribution in [-0.4, -0.2) is 27.0 Å². The molecule has 102 valence electrons. The second-order valence-electron chi connectivity index (χ2n) is 5.07. The van der Waals surface area contributed by atoms with Gasteiger partial charge in [0.15, 0.2) is 0 Å². The second kappa shape index (κ2) is 4.92. The van der Waals surface area contributed by atoms with Gasteiger partial charge in [0.2, 0.25) is 0 Å². The first-order chi connectivity index (χ1) is 9.63. The van der Waals surface area contributed by atoms with Crippen LogP contribution < -0.4 is 4.90 Å². The molecule has 0 spiro atoms. The summed E-state index contributed by atoms with van der Waals surface area (Å²) in [6.07, 6.45) is 3.46. The summed E-state index contributed by atoms with van der Waals surface area (Å²) >= 11 is 0. The molecule has 0 aliphatic heterocycles. The standard InChI is InChI=1S/C15H17N5/c1-10-6-11(2)19-12(7-10)8-20(3)15-13-4-5-16-14(13)17-9-18-15/h4-7,9H,8H2,1-3H3,(H,16,17,18). The van der Waals surface area contributed by atoms with Crippen LogP contribution in [-0.2, 0) is 6.54 Å². The average molecular weight is 267 g/mol. The Morgan fingerprint density at radius 1 is 1.20 bits per heavy atom. The highest BCUT2D eigenvalue weighted by Crippen LogP contribution is 2.22. The normalized spacial score (nSPS) is 10.9. The maximum Gasteiger partial charge on any atom is 0.142 e. The van der Waals surface area contributed by atoms with Gasteiger partial charge in [-0.2, -0.15) is 0 Å². The van der Waals surface area contributed by atoms with Gasteiger partial charge >= 0.3 is 0 Å². The third-order valence-corrected chi connectivity index (χ3v) is 3.24. The molecule has 20 heavy (non-hydrogen) atoms. The van der Waals surface area contributed by atoms with Crippen LogP contribution >= 0.6 is 0 Å². The topological polar surface area (TPSA) is 57.7 Å². The highest BCUT2D eigenvalue weighted by atomic mass is 15.2. The highest BCUT2D eigenvalue weighted by molar-refractivity contribution is 5.87. The number of fused-ring (bicyclic) bond motifs is 1. The fraction of sp³-hybridized carbons (Fsp3) is 0.267. The SMILES string of the molecule is Cc1cc(C)nc(CN(C)c2ncnc3[nH]ccc23)c1. The van der Waals surface area contributed by atoms with Gasteiger partial charge in [-0.25, -0.2) is 9.97 Å². The predicted molar refractivity (Wildman–Crippen MR) is 79.7 cm³/mol. The lowest BCUT2D eigenvalue weighted by Gasteiger charge is -2.18. The Morgan fingerprint density at radius 3 is 2.85 bits per heavy atom. The van der Waals surface area contributed by atoms with Gasteiger partial charge in [0.25, 0.3) is 0 Å². The van der Waals surface area contributed by atoms with E-state index in [0.29, 0.717) is 0 Å². The van der Waals surface area contributed by atoms with Crippen molar-refractivity contribution in [1.29, 1.82) is 0 Å². The van der Waals surface area contributed by atoms with Gasteiger partial charge in [0, 0.05) is 18.9 Å². The molecule has 0 radical (unpaired) electrons. The van der Waals surface area contributed by atoms with Gasteiger partial charge < -0.3 is 9.88 Å². The second-order valence-corrected chi connectivity index (χ2v) is 5.07. The van der Waals surface area contributed by atoms with Gasteiger partial charge in [-0.05, 0) is 37.6 Å². The summed E-state index contributed by atoms with van der Waals surface area (Å²) in [7, 11) is 2.02. The van der Waals surface area contributed by atoms with Crippen molar-refractivity contribution in [2.24, 2.45) is 0 Å². The molecule has 0 saturated carbocycles. The fourth-order valence-corrected chi connectivity index (χ4v) is 2.49. The lowest BCUT2D eigenvalue weighted by Crippen LogP contribution is -2.19. The molecular weight excluding hydrogens is 250 g/mol. The minimum absolute atomic E-state index is 0.722. The molecule has 0 aromatic carbocycles. The molecule has 0 aliphatic carbocycles. The number of aromatic nitrogens is 4. The molecular formula is C15H17N5. The van der Waals surface area contributed by atoms with E-state index in [4.69, 9.17) is 0 Å². The smallest absolute Gasteiger partial charge is 0.142 e. The van der Waals surface area contributed by atoms with E-state index in [-0.39, 0.29) is 0 Å². The van der Waals surface area contributed by atoms with Crippen molar-refractivity contribution in [3.8, 4) is 0 Å². The zero-order valence-electron chi connectivity index (χ0n) is 11.9. The summed E-state index contributed by atoms with van der Waals surface area (Å²) in [6, 6.07) is 6.19. The summed E-state index contributed by atoms with van der Waals surface area (Å²) in [4.78, 5) is 18.4. The summed E-state index contributed by atoms with van der Waals surface area (Å²) in [5.41, 5.74) is 4.18. The third kappa shape index (κ3) is 2.34. The molecule has 1 N–H and O–H groups in total. The Kier molecular flexibility index (Phi) is 3.10. The van der Waals surface area contributed by atoms with Crippen LogP contribution in [0, 0.1) is 13.8 Å². The molecule has 3 aromatic heterocycles. The lowest BCUT2D eigenvalue weighted by atomic mass is 10.2. The Morgan fingerprint density at radius 2 is 2.05 bits per heavy atom. The zero-order chi connectivity index (χ0) is 14.1. The van der Waals surface area contributed by atoms with E-state index in [1.54, 1.807) is 6.33 Å². The van der Waals surface area contributed by atoms with Crippen LogP contribution in [0.25, 0.3) is 11.0 Å². The van der Waals surface area contributed by atoms with E-state index < -0.39 is 0 Å². The monoisotopic (exact) mass is 267 g/mol. The molecule has 0 fully saturated rings. The predicted octanol–water partition coefficient (Wildman–Crippen LogP) is 2.61. The summed E-state index contributed by atoms with van der Waals surface area (Å²) in [6.45, 7) is 4.83. The van der Waals surface area contributed by atoms with Crippen LogP contribution in [0.3, 0.4) is 0 Å². The highest BCUT2D eigenvalue weighted by Gasteiger charge is 2.10. The van der Waals surface area contributed by atoms with Crippen molar-refractivity contribution in [2.45, 2.75) is 20.4 Å². The number of nitrogens with one attached hydrogen (secondary N) is 1. The molecule has 0 bridgehead atoms. The van der Waals surface area contributed by atoms with Crippen LogP contribution in [0.2, 0.25) is 0 Å². The van der Waals surface area contributed by atoms with Crippen LogP contribution in [0.5, 0.6) is 0 Å². The van der Waals surface area contributed by atoms with E-state index in [0.717, 1.165) is 34.8 Å². The van der Waals surface area contributed by atoms with Gasteiger partial charge in [-0.15, -0.1) is 0 Å². The number of pyridine rings is 1. The molecule has 0 aliphatic rings. The lowest BCUT2D eigenvalue weighted by molar-refractivity contribution is 0.859. The van der Waals surface area contributed by atoms with E-state index in [1.807, 2.05) is 26.2 Å². The van der Waals surface area contributed by atoms with E-state index in [2.05, 4.69) is 43.9 Å². The van der Waals surface area contributed by atoms with Gasteiger partial charge in [0.05, 0.1) is 17.6 Å². The van der Waals surface area contributed by atoms with Crippen LogP contribution in [0.15, 0.2) is 30.7 Å². The van der Waals surface area contributed by atoms with Crippen LogP contribution in [0.4, 0.5) is 5.82 Å². The molecule has 3 aromatic rings. The first kappa shape index (κ1) is 12.6.